The van der Waals surface area contributed by atoms with Crippen LogP contribution >= 0.6 is 67.7 Å². The van der Waals surface area contributed by atoms with Gasteiger partial charge in [-0.2, -0.15) is 0 Å². The number of amides is 2. The highest BCUT2D eigenvalue weighted by atomic mass is 35.6. The number of halogens is 3. The van der Waals surface area contributed by atoms with E-state index in [1.165, 1.54) is 4.90 Å². The summed E-state index contributed by atoms with van der Waals surface area (Å²) >= 11 is 18.5. The van der Waals surface area contributed by atoms with Crippen LogP contribution in [0.4, 0.5) is 0 Å². The Morgan fingerprint density at radius 3 is 2.61 bits per heavy atom. The molecule has 7 nitrogen and oxygen atoms in total. The predicted octanol–water partition coefficient (Wildman–Crippen LogP) is 5.44. The first-order chi connectivity index (χ1) is 18.2. The van der Waals surface area contributed by atoms with Gasteiger partial charge in [0.05, 0.1) is 22.7 Å². The summed E-state index contributed by atoms with van der Waals surface area (Å²) in [6.07, 6.45) is 3.85. The zero-order valence-corrected chi connectivity index (χ0v) is 24.4. The first-order valence-corrected chi connectivity index (χ1v) is 15.6. The molecule has 4 rings (SSSR count). The number of carbonyl (C=O) groups excluding carboxylic acids is 3. The second kappa shape index (κ2) is 13.4. The lowest BCUT2D eigenvalue weighted by atomic mass is 9.94. The molecule has 1 aliphatic heterocycles. The molecule has 2 heterocycles. The summed E-state index contributed by atoms with van der Waals surface area (Å²) < 4.78 is 5.30. The molecule has 38 heavy (non-hydrogen) atoms. The Bertz CT molecular complexity index is 1280. The molecular weight excluding hydrogens is 609 g/mol. The molecular formula is C25H22Cl3N3O4S3. The van der Waals surface area contributed by atoms with Crippen molar-refractivity contribution in [2.24, 2.45) is 0 Å². The van der Waals surface area contributed by atoms with Gasteiger partial charge >= 0.3 is 5.97 Å². The summed E-state index contributed by atoms with van der Waals surface area (Å²) in [5.74, 6) is -0.755. The van der Waals surface area contributed by atoms with Crippen molar-refractivity contribution in [1.82, 2.24) is 15.2 Å². The highest BCUT2D eigenvalue weighted by Gasteiger charge is 2.47. The number of nitrogens with zero attached hydrogens (tertiary/aromatic N) is 2. The third-order valence-corrected chi connectivity index (χ3v) is 9.26. The van der Waals surface area contributed by atoms with E-state index in [2.05, 4.69) is 10.3 Å². The number of carbonyl (C=O) groups is 3. The lowest BCUT2D eigenvalue weighted by Gasteiger charge is -2.45. The average Bonchev–Trinajstić information content (AvgIpc) is 3.30. The van der Waals surface area contributed by atoms with Gasteiger partial charge in [0.2, 0.25) is 15.6 Å². The summed E-state index contributed by atoms with van der Waals surface area (Å²) in [6.45, 7) is -0.761. The van der Waals surface area contributed by atoms with Gasteiger partial charge in [-0.3, -0.25) is 14.4 Å². The molecule has 1 N–H and O–H groups in total. The van der Waals surface area contributed by atoms with Crippen molar-refractivity contribution in [2.45, 2.75) is 26.6 Å². The molecule has 200 valence electrons. The molecule has 1 aromatic heterocycles. The van der Waals surface area contributed by atoms with Gasteiger partial charge < -0.3 is 15.0 Å². The van der Waals surface area contributed by atoms with E-state index in [9.17, 15) is 14.4 Å². The molecule has 0 bridgehead atoms. The molecule has 0 radical (unpaired) electrons. The number of para-hydroxylation sites is 1. The smallest absolute Gasteiger partial charge is 0.325 e. The molecule has 1 saturated heterocycles. The minimum Gasteiger partial charge on any atom is -0.460 e. The number of β-lactam (4-membered cyclic amide) rings is 1. The van der Waals surface area contributed by atoms with Crippen molar-refractivity contribution in [1.29, 1.82) is 0 Å². The van der Waals surface area contributed by atoms with Crippen molar-refractivity contribution < 1.29 is 19.1 Å². The molecule has 0 saturated carbocycles. The second-order valence-corrected chi connectivity index (χ2v) is 14.3. The summed E-state index contributed by atoms with van der Waals surface area (Å²) in [5, 5.41) is 2.79. The first kappa shape index (κ1) is 29.0. The van der Waals surface area contributed by atoms with Crippen LogP contribution in [0.25, 0.3) is 10.2 Å². The van der Waals surface area contributed by atoms with Crippen LogP contribution in [0.5, 0.6) is 0 Å². The number of esters is 1. The van der Waals surface area contributed by atoms with Crippen molar-refractivity contribution in [2.75, 3.05) is 18.9 Å². The van der Waals surface area contributed by atoms with Crippen molar-refractivity contribution >= 4 is 95.7 Å². The number of fused-ring (bicyclic) bond motifs is 1. The van der Waals surface area contributed by atoms with Gasteiger partial charge in [-0.1, -0.05) is 100 Å². The number of hydrogen-bond donors (Lipinski definition) is 1. The topological polar surface area (TPSA) is 88.6 Å². The largest absolute Gasteiger partial charge is 0.460 e. The van der Waals surface area contributed by atoms with E-state index in [-0.39, 0.29) is 24.8 Å². The van der Waals surface area contributed by atoms with E-state index in [0.717, 1.165) is 20.1 Å². The average molecular weight is 631 g/mol. The molecule has 2 unspecified atom stereocenters. The van der Waals surface area contributed by atoms with Gasteiger partial charge in [0.1, 0.15) is 19.2 Å². The maximum atomic E-state index is 12.8. The minimum absolute atomic E-state index is 0.140. The molecule has 2 aromatic carbocycles. The van der Waals surface area contributed by atoms with E-state index in [4.69, 9.17) is 39.5 Å². The Kier molecular flexibility index (Phi) is 10.2. The summed E-state index contributed by atoms with van der Waals surface area (Å²) in [4.78, 5) is 43.6. The van der Waals surface area contributed by atoms with Gasteiger partial charge in [-0.15, -0.1) is 11.3 Å². The number of rotatable bonds is 11. The number of aromatic nitrogens is 1. The molecule has 0 spiro atoms. The quantitative estimate of drug-likeness (QED) is 0.0754. The van der Waals surface area contributed by atoms with E-state index in [1.807, 2.05) is 66.7 Å². The van der Waals surface area contributed by atoms with Crippen LogP contribution < -0.4 is 5.32 Å². The number of thiazole rings is 1. The molecule has 2 atom stereocenters. The first-order valence-electron chi connectivity index (χ1n) is 11.4. The highest BCUT2D eigenvalue weighted by Crippen LogP contribution is 2.36. The van der Waals surface area contributed by atoms with E-state index < -0.39 is 28.5 Å². The van der Waals surface area contributed by atoms with Crippen LogP contribution in [-0.2, 0) is 25.5 Å². The summed E-state index contributed by atoms with van der Waals surface area (Å²) in [5.41, 5.74) is 1.80. The van der Waals surface area contributed by atoms with E-state index >= 15 is 0 Å². The third kappa shape index (κ3) is 8.27. The second-order valence-electron chi connectivity index (χ2n) is 8.18. The zero-order chi connectivity index (χ0) is 27.1. The number of nitrogens with one attached hydrogen (secondary N) is 1. The number of likely N-dealkylation sites (tertiary alicyclic amines) is 1. The van der Waals surface area contributed by atoms with Crippen LogP contribution in [-0.4, -0.2) is 62.4 Å². The normalized spacial score (nSPS) is 17.6. The molecule has 1 aliphatic rings. The lowest BCUT2D eigenvalue weighted by molar-refractivity contribution is -0.159. The van der Waals surface area contributed by atoms with Crippen LogP contribution in [0, 0.1) is 0 Å². The van der Waals surface area contributed by atoms with Gasteiger partial charge in [0.25, 0.3) is 0 Å². The zero-order valence-electron chi connectivity index (χ0n) is 19.7. The SMILES string of the molecule is O=C(Cc1ccccc1)NC1C(=O)N(CC(=O)OCC(Cl)(Cl)Cl)C1C=CCSSc1nc2ccccc2s1. The highest BCUT2D eigenvalue weighted by molar-refractivity contribution is 8.77. The predicted molar refractivity (Wildman–Crippen MR) is 156 cm³/mol. The Balaban J connectivity index is 1.35. The van der Waals surface area contributed by atoms with E-state index in [0.29, 0.717) is 5.75 Å². The van der Waals surface area contributed by atoms with Crippen molar-refractivity contribution in [3.8, 4) is 0 Å². The molecule has 3 aromatic rings. The summed E-state index contributed by atoms with van der Waals surface area (Å²) in [6, 6.07) is 15.9. The maximum absolute atomic E-state index is 12.8. The molecule has 2 amide bonds. The lowest BCUT2D eigenvalue weighted by Crippen LogP contribution is -2.71. The van der Waals surface area contributed by atoms with Crippen LogP contribution in [0.3, 0.4) is 0 Å². The van der Waals surface area contributed by atoms with E-state index in [1.54, 1.807) is 32.9 Å². The number of hydrogen-bond acceptors (Lipinski definition) is 8. The molecule has 1 fully saturated rings. The molecule has 13 heteroatoms. The Labute approximate surface area is 246 Å². The number of ether oxygens (including phenoxy) is 1. The number of alkyl halides is 3. The van der Waals surface area contributed by atoms with Crippen LogP contribution in [0.15, 0.2) is 71.1 Å². The monoisotopic (exact) mass is 629 g/mol. The Morgan fingerprint density at radius 2 is 1.87 bits per heavy atom. The maximum Gasteiger partial charge on any atom is 0.325 e. The number of benzene rings is 2. The Morgan fingerprint density at radius 1 is 1.13 bits per heavy atom. The van der Waals surface area contributed by atoms with Gasteiger partial charge in [-0.25, -0.2) is 4.98 Å². The van der Waals surface area contributed by atoms with Crippen molar-refractivity contribution in [3.05, 3.63) is 72.3 Å². The third-order valence-electron chi connectivity index (χ3n) is 5.37. The van der Waals surface area contributed by atoms with Crippen LogP contribution in [0.2, 0.25) is 0 Å². The van der Waals surface area contributed by atoms with Crippen molar-refractivity contribution in [3.63, 3.8) is 0 Å². The van der Waals surface area contributed by atoms with Gasteiger partial charge in [0, 0.05) is 5.75 Å². The van der Waals surface area contributed by atoms with Gasteiger partial charge in [0.15, 0.2) is 4.34 Å². The fourth-order valence-electron chi connectivity index (χ4n) is 3.67. The molecule has 0 aliphatic carbocycles. The standard InChI is InChI=1S/C25H22Cl3N3O4S3/c26-25(27,28)15-35-21(33)14-31-18(22(23(31)34)30-20(32)13-16-7-2-1-3-8-16)10-6-12-36-38-24-29-17-9-4-5-11-19(17)37-24/h1-11,18,22H,12-15H2,(H,30,32). The van der Waals surface area contributed by atoms with Crippen LogP contribution in [0.1, 0.15) is 5.56 Å². The Hall–Kier alpha value is -1.95. The van der Waals surface area contributed by atoms with Gasteiger partial charge in [-0.05, 0) is 28.5 Å². The fraction of sp³-hybridized carbons (Fsp3) is 0.280. The minimum atomic E-state index is -1.75. The fourth-order valence-corrected chi connectivity index (χ4v) is 7.03. The summed E-state index contributed by atoms with van der Waals surface area (Å²) in [7, 11) is 3.16.